The fourth-order valence-electron chi connectivity index (χ4n) is 0.556. The molecule has 3 nitrogen and oxygen atoms in total. The van der Waals surface area contributed by atoms with Gasteiger partial charge in [0.15, 0.2) is 0 Å². The zero-order valence-electron chi connectivity index (χ0n) is 6.68. The third kappa shape index (κ3) is 5.03. The van der Waals surface area contributed by atoms with E-state index in [2.05, 4.69) is 16.6 Å². The molecule has 0 rings (SSSR count). The fraction of sp³-hybridized carbons (Fsp3) is 0.429. The van der Waals surface area contributed by atoms with Gasteiger partial charge in [0.2, 0.25) is 0 Å². The molecule has 0 heterocycles. The van der Waals surface area contributed by atoms with Crippen LogP contribution >= 0.6 is 0 Å². The molecule has 0 saturated carbocycles. The second-order valence-corrected chi connectivity index (χ2v) is 2.15. The summed E-state index contributed by atoms with van der Waals surface area (Å²) in [4.78, 5) is 7.87. The van der Waals surface area contributed by atoms with Crippen molar-refractivity contribution < 1.29 is 0 Å². The first kappa shape index (κ1) is 8.88. The summed E-state index contributed by atoms with van der Waals surface area (Å²) < 4.78 is 0. The predicted octanol–water partition coefficient (Wildman–Crippen LogP) is 1.32. The van der Waals surface area contributed by atoms with Crippen LogP contribution in [0.25, 0.3) is 0 Å². The third-order valence-corrected chi connectivity index (χ3v) is 0.691. The van der Waals surface area contributed by atoms with Gasteiger partial charge < -0.3 is 5.73 Å². The van der Waals surface area contributed by atoms with Crippen LogP contribution in [0.4, 0.5) is 0 Å². The molecular weight excluding hydrogens is 126 g/mol. The summed E-state index contributed by atoms with van der Waals surface area (Å²) in [5.41, 5.74) is 6.05. The molecule has 0 aliphatic rings. The van der Waals surface area contributed by atoms with Crippen molar-refractivity contribution in [2.75, 3.05) is 0 Å². The molecule has 3 heteroatoms. The highest BCUT2D eigenvalue weighted by Crippen LogP contribution is 1.90. The molecule has 0 spiro atoms. The minimum atomic E-state index is 0.516. The van der Waals surface area contributed by atoms with E-state index >= 15 is 0 Å². The van der Waals surface area contributed by atoms with Crippen molar-refractivity contribution in [1.29, 1.82) is 0 Å². The van der Waals surface area contributed by atoms with Gasteiger partial charge in [-0.2, -0.15) is 0 Å². The maximum Gasteiger partial charge on any atom is 0.127 e. The normalized spacial score (nSPS) is 13.5. The number of nitrogens with two attached hydrogens (primary N) is 1. The molecule has 0 bridgehead atoms. The Morgan fingerprint density at radius 2 is 1.70 bits per heavy atom. The molecule has 10 heavy (non-hydrogen) atoms. The molecule has 0 saturated heterocycles. The number of amidine groups is 2. The van der Waals surface area contributed by atoms with Crippen LogP contribution in [-0.2, 0) is 0 Å². The van der Waals surface area contributed by atoms with E-state index in [1.54, 1.807) is 13.8 Å². The van der Waals surface area contributed by atoms with Gasteiger partial charge >= 0.3 is 0 Å². The standard InChI is InChI=1S/C7H13N3/c1-5(2)9-7(4)10-6(3)8/h1H2,2-4H3,(H2,8,9,10). The van der Waals surface area contributed by atoms with Crippen LogP contribution in [0.1, 0.15) is 20.8 Å². The molecule has 0 aromatic heterocycles. The molecule has 0 atom stereocenters. The van der Waals surface area contributed by atoms with Crippen molar-refractivity contribution in [3.63, 3.8) is 0 Å². The number of aliphatic imine (C=N–C) groups is 2. The molecule has 0 aromatic rings. The largest absolute Gasteiger partial charge is 0.387 e. The zero-order valence-corrected chi connectivity index (χ0v) is 6.68. The van der Waals surface area contributed by atoms with Gasteiger partial charge in [0.05, 0.1) is 5.84 Å². The molecule has 0 amide bonds. The quantitative estimate of drug-likeness (QED) is 0.432. The Labute approximate surface area is 61.4 Å². The van der Waals surface area contributed by atoms with Crippen molar-refractivity contribution in [2.45, 2.75) is 20.8 Å². The Bertz CT molecular complexity index is 185. The average Bonchev–Trinajstić information content (AvgIpc) is 1.58. The summed E-state index contributed by atoms with van der Waals surface area (Å²) in [7, 11) is 0. The summed E-state index contributed by atoms with van der Waals surface area (Å²) in [6, 6.07) is 0. The lowest BCUT2D eigenvalue weighted by atomic mass is 10.5. The van der Waals surface area contributed by atoms with Crippen molar-refractivity contribution in [3.05, 3.63) is 12.3 Å². The summed E-state index contributed by atoms with van der Waals surface area (Å²) >= 11 is 0. The van der Waals surface area contributed by atoms with Gasteiger partial charge in [-0.05, 0) is 20.8 Å². The second kappa shape index (κ2) is 3.82. The van der Waals surface area contributed by atoms with E-state index in [4.69, 9.17) is 5.73 Å². The maximum atomic E-state index is 5.31. The van der Waals surface area contributed by atoms with Crippen LogP contribution in [0.3, 0.4) is 0 Å². The maximum absolute atomic E-state index is 5.31. The first-order valence-electron chi connectivity index (χ1n) is 3.04. The van der Waals surface area contributed by atoms with E-state index < -0.39 is 0 Å². The molecule has 0 fully saturated rings. The van der Waals surface area contributed by atoms with Gasteiger partial charge in [-0.1, -0.05) is 6.58 Å². The Hall–Kier alpha value is -1.12. The molecule has 0 aliphatic heterocycles. The van der Waals surface area contributed by atoms with E-state index in [0.29, 0.717) is 11.7 Å². The van der Waals surface area contributed by atoms with E-state index in [-0.39, 0.29) is 0 Å². The Balaban J connectivity index is 4.22. The highest BCUT2D eigenvalue weighted by atomic mass is 14.9. The minimum absolute atomic E-state index is 0.516. The highest BCUT2D eigenvalue weighted by molar-refractivity contribution is 5.94. The Kier molecular flexibility index (Phi) is 3.39. The van der Waals surface area contributed by atoms with Gasteiger partial charge in [0.1, 0.15) is 5.84 Å². The first-order chi connectivity index (χ1) is 4.52. The SMILES string of the molecule is C=C(C)/N=C(C)\N=C(\C)N. The van der Waals surface area contributed by atoms with Crippen LogP contribution in [0.5, 0.6) is 0 Å². The van der Waals surface area contributed by atoms with Crippen molar-refractivity contribution >= 4 is 11.7 Å². The van der Waals surface area contributed by atoms with Gasteiger partial charge in [-0.3, -0.25) is 0 Å². The lowest BCUT2D eigenvalue weighted by Gasteiger charge is -1.92. The molecule has 0 aromatic carbocycles. The lowest BCUT2D eigenvalue weighted by molar-refractivity contribution is 1.29. The van der Waals surface area contributed by atoms with Gasteiger partial charge in [0, 0.05) is 5.70 Å². The van der Waals surface area contributed by atoms with Crippen molar-refractivity contribution in [2.24, 2.45) is 15.7 Å². The third-order valence-electron chi connectivity index (χ3n) is 0.691. The average molecular weight is 139 g/mol. The molecule has 0 aliphatic carbocycles. The number of rotatable bonds is 1. The summed E-state index contributed by atoms with van der Waals surface area (Å²) in [6.45, 7) is 8.92. The molecule has 56 valence electrons. The monoisotopic (exact) mass is 139 g/mol. The van der Waals surface area contributed by atoms with Gasteiger partial charge in [-0.15, -0.1) is 0 Å². The van der Waals surface area contributed by atoms with Crippen LogP contribution in [0.15, 0.2) is 22.3 Å². The van der Waals surface area contributed by atoms with E-state index in [9.17, 15) is 0 Å². The zero-order chi connectivity index (χ0) is 8.15. The van der Waals surface area contributed by atoms with Gasteiger partial charge in [-0.25, -0.2) is 9.98 Å². The molecule has 2 N–H and O–H groups in total. The van der Waals surface area contributed by atoms with E-state index in [0.717, 1.165) is 5.70 Å². The number of nitrogens with zero attached hydrogens (tertiary/aromatic N) is 2. The van der Waals surface area contributed by atoms with Crippen LogP contribution < -0.4 is 5.73 Å². The van der Waals surface area contributed by atoms with Gasteiger partial charge in [0.25, 0.3) is 0 Å². The molecule has 0 unspecified atom stereocenters. The van der Waals surface area contributed by atoms with E-state index in [1.165, 1.54) is 0 Å². The van der Waals surface area contributed by atoms with Crippen LogP contribution in [0.2, 0.25) is 0 Å². The second-order valence-electron chi connectivity index (χ2n) is 2.15. The number of hydrogen-bond donors (Lipinski definition) is 1. The van der Waals surface area contributed by atoms with Crippen LogP contribution in [0, 0.1) is 0 Å². The summed E-state index contributed by atoms with van der Waals surface area (Å²) in [5.74, 6) is 1.16. The summed E-state index contributed by atoms with van der Waals surface area (Å²) in [5, 5.41) is 0. The lowest BCUT2D eigenvalue weighted by Crippen LogP contribution is -2.07. The fourth-order valence-corrected chi connectivity index (χ4v) is 0.556. The Morgan fingerprint density at radius 1 is 1.20 bits per heavy atom. The first-order valence-corrected chi connectivity index (χ1v) is 3.04. The van der Waals surface area contributed by atoms with Crippen molar-refractivity contribution in [3.8, 4) is 0 Å². The highest BCUT2D eigenvalue weighted by Gasteiger charge is 1.85. The number of hydrogen-bond acceptors (Lipinski definition) is 1. The topological polar surface area (TPSA) is 50.7 Å². The van der Waals surface area contributed by atoms with Crippen molar-refractivity contribution in [1.82, 2.24) is 0 Å². The molecule has 0 radical (unpaired) electrons. The number of allylic oxidation sites excluding steroid dienone is 1. The molecular formula is C7H13N3. The smallest absolute Gasteiger partial charge is 0.127 e. The van der Waals surface area contributed by atoms with Crippen LogP contribution in [-0.4, -0.2) is 11.7 Å². The Morgan fingerprint density at radius 3 is 2.00 bits per heavy atom. The van der Waals surface area contributed by atoms with E-state index in [1.807, 2.05) is 6.92 Å². The predicted molar refractivity (Wildman–Crippen MR) is 45.2 cm³/mol. The minimum Gasteiger partial charge on any atom is -0.387 e. The summed E-state index contributed by atoms with van der Waals surface area (Å²) in [6.07, 6.45) is 0.